The maximum absolute atomic E-state index is 16.0. The van der Waals surface area contributed by atoms with Crippen molar-refractivity contribution in [2.45, 2.75) is 38.9 Å². The van der Waals surface area contributed by atoms with Gasteiger partial charge in [-0.25, -0.2) is 23.4 Å². The molecule has 3 heterocycles. The van der Waals surface area contributed by atoms with E-state index in [1.807, 2.05) is 35.9 Å². The van der Waals surface area contributed by atoms with Gasteiger partial charge in [0.2, 0.25) is 0 Å². The van der Waals surface area contributed by atoms with Crippen LogP contribution in [0.25, 0.3) is 17.8 Å². The fourth-order valence-electron chi connectivity index (χ4n) is 4.25. The normalized spacial score (nSPS) is 18.2. The quantitative estimate of drug-likeness (QED) is 0.435. The number of nitrogens with zero attached hydrogens (tertiary/aromatic N) is 5. The lowest BCUT2D eigenvalue weighted by molar-refractivity contribution is 0.152. The number of aromatic nitrogens is 5. The smallest absolute Gasteiger partial charge is 0.194 e. The summed E-state index contributed by atoms with van der Waals surface area (Å²) in [5.41, 5.74) is 2.78. The Labute approximate surface area is 185 Å². The molecule has 32 heavy (non-hydrogen) atoms. The topological polar surface area (TPSA) is 48.5 Å². The third-order valence-electron chi connectivity index (χ3n) is 5.87. The molecule has 0 radical (unpaired) electrons. The molecule has 0 N–H and O–H groups in total. The second-order valence-corrected chi connectivity index (χ2v) is 8.23. The van der Waals surface area contributed by atoms with Crippen molar-refractivity contribution in [3.8, 4) is 5.69 Å². The van der Waals surface area contributed by atoms with Gasteiger partial charge in [-0.3, -0.25) is 0 Å². The Balaban J connectivity index is 1.42. The van der Waals surface area contributed by atoms with E-state index in [4.69, 9.17) is 0 Å². The first-order valence-electron chi connectivity index (χ1n) is 10.6. The van der Waals surface area contributed by atoms with Crippen LogP contribution in [0.4, 0.5) is 8.78 Å². The number of hydrogen-bond acceptors (Lipinski definition) is 3. The summed E-state index contributed by atoms with van der Waals surface area (Å²) < 4.78 is 32.9. The van der Waals surface area contributed by atoms with Gasteiger partial charge in [-0.2, -0.15) is 5.10 Å². The summed E-state index contributed by atoms with van der Waals surface area (Å²) in [7, 11) is 0. The van der Waals surface area contributed by atoms with Gasteiger partial charge in [0, 0.05) is 18.4 Å². The fourth-order valence-corrected chi connectivity index (χ4v) is 4.25. The first-order chi connectivity index (χ1) is 15.4. The van der Waals surface area contributed by atoms with E-state index < -0.39 is 5.67 Å². The maximum Gasteiger partial charge on any atom is 0.194 e. The third-order valence-corrected chi connectivity index (χ3v) is 5.87. The van der Waals surface area contributed by atoms with Crippen LogP contribution in [0.3, 0.4) is 0 Å². The zero-order chi connectivity index (χ0) is 22.3. The molecule has 0 fully saturated rings. The van der Waals surface area contributed by atoms with Gasteiger partial charge in [0.15, 0.2) is 17.3 Å². The van der Waals surface area contributed by atoms with Crippen LogP contribution in [0.1, 0.15) is 46.9 Å². The first-order valence-corrected chi connectivity index (χ1v) is 10.6. The molecule has 4 aromatic rings. The monoisotopic (exact) mass is 431 g/mol. The average Bonchev–Trinajstić information content (AvgIpc) is 3.40. The summed E-state index contributed by atoms with van der Waals surface area (Å²) in [5.74, 6) is 0.345. The molecule has 0 bridgehead atoms. The van der Waals surface area contributed by atoms with Crippen LogP contribution in [-0.4, -0.2) is 24.3 Å². The molecule has 1 atom stereocenters. The molecule has 5 nitrogen and oxygen atoms in total. The summed E-state index contributed by atoms with van der Waals surface area (Å²) >= 11 is 0. The molecular formula is C25H23F2N5. The van der Waals surface area contributed by atoms with Crippen molar-refractivity contribution in [2.75, 3.05) is 0 Å². The van der Waals surface area contributed by atoms with Crippen molar-refractivity contribution in [2.24, 2.45) is 0 Å². The lowest BCUT2D eigenvalue weighted by atomic mass is 9.88. The highest BCUT2D eigenvalue weighted by Gasteiger charge is 2.41. The number of benzene rings is 2. The van der Waals surface area contributed by atoms with Gasteiger partial charge in [0.1, 0.15) is 5.82 Å². The second kappa shape index (κ2) is 7.82. The number of hydrogen-bond donors (Lipinski definition) is 0. The minimum Gasteiger partial charge on any atom is -0.306 e. The van der Waals surface area contributed by atoms with E-state index in [-0.39, 0.29) is 11.6 Å². The third kappa shape index (κ3) is 3.64. The Morgan fingerprint density at radius 1 is 1.06 bits per heavy atom. The second-order valence-electron chi connectivity index (χ2n) is 8.23. The van der Waals surface area contributed by atoms with E-state index in [1.165, 1.54) is 24.3 Å². The molecule has 5 rings (SSSR count). The summed E-state index contributed by atoms with van der Waals surface area (Å²) in [6, 6.07) is 11.7. The highest BCUT2D eigenvalue weighted by atomic mass is 19.1. The largest absolute Gasteiger partial charge is 0.306 e. The molecule has 1 aliphatic rings. The van der Waals surface area contributed by atoms with E-state index in [2.05, 4.69) is 28.1 Å². The zero-order valence-corrected chi connectivity index (χ0v) is 18.0. The van der Waals surface area contributed by atoms with Crippen LogP contribution < -0.4 is 0 Å². The van der Waals surface area contributed by atoms with Gasteiger partial charge in [-0.15, -0.1) is 0 Å². The first kappa shape index (κ1) is 20.3. The van der Waals surface area contributed by atoms with E-state index in [1.54, 1.807) is 17.1 Å². The van der Waals surface area contributed by atoms with Crippen molar-refractivity contribution in [3.05, 3.63) is 94.8 Å². The molecule has 1 aliphatic heterocycles. The van der Waals surface area contributed by atoms with Gasteiger partial charge in [-0.05, 0) is 73.7 Å². The highest BCUT2D eigenvalue weighted by molar-refractivity contribution is 5.68. The molecular weight excluding hydrogens is 408 g/mol. The molecule has 2 aromatic heterocycles. The van der Waals surface area contributed by atoms with Crippen LogP contribution >= 0.6 is 0 Å². The summed E-state index contributed by atoms with van der Waals surface area (Å²) in [6.45, 7) is 4.62. The molecule has 0 spiro atoms. The number of imidazole rings is 1. The predicted molar refractivity (Wildman–Crippen MR) is 120 cm³/mol. The maximum atomic E-state index is 16.0. The minimum atomic E-state index is -1.77. The molecule has 0 amide bonds. The average molecular weight is 431 g/mol. The van der Waals surface area contributed by atoms with Crippen LogP contribution in [0, 0.1) is 19.7 Å². The molecule has 0 saturated heterocycles. The Kier molecular flexibility index (Phi) is 4.96. The number of alkyl halides is 1. The zero-order valence-electron chi connectivity index (χ0n) is 18.0. The minimum absolute atomic E-state index is 0.275. The predicted octanol–water partition coefficient (Wildman–Crippen LogP) is 5.40. The number of rotatable bonds is 4. The fraction of sp³-hybridized carbons (Fsp3) is 0.240. The van der Waals surface area contributed by atoms with Gasteiger partial charge >= 0.3 is 0 Å². The number of halogens is 2. The molecule has 162 valence electrons. The Hall–Kier alpha value is -3.61. The van der Waals surface area contributed by atoms with Crippen molar-refractivity contribution in [1.82, 2.24) is 24.3 Å². The molecule has 0 saturated carbocycles. The van der Waals surface area contributed by atoms with E-state index >= 15 is 4.39 Å². The Bertz CT molecular complexity index is 1300. The summed E-state index contributed by atoms with van der Waals surface area (Å²) in [4.78, 5) is 8.78. The Morgan fingerprint density at radius 3 is 2.59 bits per heavy atom. The van der Waals surface area contributed by atoms with E-state index in [9.17, 15) is 4.39 Å². The summed E-state index contributed by atoms with van der Waals surface area (Å²) in [5, 5.41) is 4.49. The van der Waals surface area contributed by atoms with Crippen LogP contribution in [0.2, 0.25) is 0 Å². The van der Waals surface area contributed by atoms with Gasteiger partial charge in [0.05, 0.1) is 12.0 Å². The van der Waals surface area contributed by atoms with Gasteiger partial charge < -0.3 is 4.57 Å². The number of fused-ring (bicyclic) bond motifs is 1. The van der Waals surface area contributed by atoms with E-state index in [0.717, 1.165) is 22.5 Å². The summed E-state index contributed by atoms with van der Waals surface area (Å²) in [6.07, 6.45) is 8.46. The standard InChI is InChI=1S/C25H23F2N5/c1-17-14-19(4-10-22(17)31-15-18(2)28-16-31)5-11-23-29-24-25(27,12-3-13-32(24)30-23)20-6-8-21(26)9-7-20/h4-11,14-16H,3,12-13H2,1-2H3/b11-5+/t25-/m1/s1. The molecule has 7 heteroatoms. The van der Waals surface area contributed by atoms with Crippen molar-refractivity contribution < 1.29 is 8.78 Å². The van der Waals surface area contributed by atoms with Crippen molar-refractivity contribution in [3.63, 3.8) is 0 Å². The van der Waals surface area contributed by atoms with Crippen LogP contribution in [0.5, 0.6) is 0 Å². The van der Waals surface area contributed by atoms with E-state index in [0.29, 0.717) is 30.8 Å². The molecule has 0 unspecified atom stereocenters. The molecule has 2 aromatic carbocycles. The Morgan fingerprint density at radius 2 is 1.88 bits per heavy atom. The van der Waals surface area contributed by atoms with Crippen molar-refractivity contribution in [1.29, 1.82) is 0 Å². The van der Waals surface area contributed by atoms with Crippen LogP contribution in [0.15, 0.2) is 55.0 Å². The lowest BCUT2D eigenvalue weighted by Gasteiger charge is -2.29. The van der Waals surface area contributed by atoms with Gasteiger partial charge in [0.25, 0.3) is 0 Å². The van der Waals surface area contributed by atoms with Crippen LogP contribution in [-0.2, 0) is 12.2 Å². The van der Waals surface area contributed by atoms with Gasteiger partial charge in [-0.1, -0.05) is 24.3 Å². The van der Waals surface area contributed by atoms with Crippen molar-refractivity contribution >= 4 is 12.2 Å². The molecule has 0 aliphatic carbocycles. The SMILES string of the molecule is Cc1cn(-c2ccc(/C=C/c3nc4n(n3)CCC[C@@]4(F)c3ccc(F)cc3)cc2C)cn1. The lowest BCUT2D eigenvalue weighted by Crippen LogP contribution is -2.31. The number of aryl methyl sites for hydroxylation is 3. The highest BCUT2D eigenvalue weighted by Crippen LogP contribution is 2.40.